The van der Waals surface area contributed by atoms with E-state index < -0.39 is 9.84 Å². The fraction of sp³-hybridized carbons (Fsp3) is 0.692. The number of nitrogens with zero attached hydrogens (tertiary/aromatic N) is 2. The molecule has 1 aliphatic rings. The van der Waals surface area contributed by atoms with E-state index in [2.05, 4.69) is 4.98 Å². The van der Waals surface area contributed by atoms with Gasteiger partial charge in [0, 0.05) is 23.7 Å². The van der Waals surface area contributed by atoms with Crippen molar-refractivity contribution in [1.82, 2.24) is 9.88 Å². The number of aromatic nitrogens is 1. The first-order chi connectivity index (χ1) is 9.26. The number of hydrogen-bond acceptors (Lipinski definition) is 5. The fourth-order valence-electron chi connectivity index (χ4n) is 2.42. The fourth-order valence-corrected chi connectivity index (χ4v) is 4.07. The molecule has 0 spiro atoms. The Morgan fingerprint density at radius 2 is 2.20 bits per heavy atom. The van der Waals surface area contributed by atoms with Crippen molar-refractivity contribution in [1.29, 1.82) is 0 Å². The maximum absolute atomic E-state index is 12.4. The Balaban J connectivity index is 2.06. The molecule has 20 heavy (non-hydrogen) atoms. The van der Waals surface area contributed by atoms with Gasteiger partial charge >= 0.3 is 0 Å². The highest BCUT2D eigenvalue weighted by molar-refractivity contribution is 7.90. The van der Waals surface area contributed by atoms with Gasteiger partial charge in [0.15, 0.2) is 0 Å². The predicted octanol–water partition coefficient (Wildman–Crippen LogP) is 1.42. The largest absolute Gasteiger partial charge is 0.336 e. The number of rotatable bonds is 6. The highest BCUT2D eigenvalue weighted by atomic mass is 32.2. The van der Waals surface area contributed by atoms with Crippen LogP contribution in [0.5, 0.6) is 0 Å². The number of amides is 1. The van der Waals surface area contributed by atoms with E-state index in [0.29, 0.717) is 0 Å². The Kier molecular flexibility index (Phi) is 4.49. The van der Waals surface area contributed by atoms with Gasteiger partial charge in [0.25, 0.3) is 0 Å². The summed E-state index contributed by atoms with van der Waals surface area (Å²) in [5.74, 6) is -0.000311. The third kappa shape index (κ3) is 4.28. The van der Waals surface area contributed by atoms with Gasteiger partial charge < -0.3 is 4.90 Å². The van der Waals surface area contributed by atoms with Gasteiger partial charge in [-0.15, -0.1) is 11.3 Å². The number of thiazole rings is 1. The normalized spacial score (nSPS) is 16.9. The van der Waals surface area contributed by atoms with E-state index in [1.165, 1.54) is 17.6 Å². The third-order valence-corrected chi connectivity index (χ3v) is 5.16. The van der Waals surface area contributed by atoms with Crippen LogP contribution >= 0.6 is 11.3 Å². The van der Waals surface area contributed by atoms with Gasteiger partial charge in [-0.3, -0.25) is 4.79 Å². The van der Waals surface area contributed by atoms with E-state index in [0.717, 1.165) is 23.5 Å². The lowest BCUT2D eigenvalue weighted by Crippen LogP contribution is -2.44. The molecule has 7 heteroatoms. The topological polar surface area (TPSA) is 67.3 Å². The van der Waals surface area contributed by atoms with E-state index in [-0.39, 0.29) is 30.2 Å². The minimum absolute atomic E-state index is 0.0192. The Morgan fingerprint density at radius 3 is 2.65 bits per heavy atom. The Bertz CT molecular complexity index is 591. The Labute approximate surface area is 123 Å². The van der Waals surface area contributed by atoms with Crippen molar-refractivity contribution in [2.75, 3.05) is 12.0 Å². The van der Waals surface area contributed by atoms with Gasteiger partial charge in [0.2, 0.25) is 5.91 Å². The molecule has 0 aliphatic heterocycles. The summed E-state index contributed by atoms with van der Waals surface area (Å²) >= 11 is 1.52. The molecular formula is C13H20N2O3S2. The first-order valence-corrected chi connectivity index (χ1v) is 9.60. The predicted molar refractivity (Wildman–Crippen MR) is 79.6 cm³/mol. The molecule has 1 aliphatic carbocycles. The first-order valence-electron chi connectivity index (χ1n) is 6.66. The minimum Gasteiger partial charge on any atom is -0.336 e. The van der Waals surface area contributed by atoms with E-state index in [9.17, 15) is 13.2 Å². The van der Waals surface area contributed by atoms with Crippen LogP contribution in [0.15, 0.2) is 5.38 Å². The Hall–Kier alpha value is -0.950. The summed E-state index contributed by atoms with van der Waals surface area (Å²) in [4.78, 5) is 18.5. The van der Waals surface area contributed by atoms with Crippen molar-refractivity contribution in [2.24, 2.45) is 0 Å². The SMILES string of the molecule is Cc1nc(CC(=O)N(C2CC2)[C@@H](C)CS(C)(=O)=O)cs1. The summed E-state index contributed by atoms with van der Waals surface area (Å²) in [6.07, 6.45) is 3.41. The van der Waals surface area contributed by atoms with Crippen molar-refractivity contribution in [3.8, 4) is 0 Å². The van der Waals surface area contributed by atoms with E-state index in [1.54, 1.807) is 4.90 Å². The summed E-state index contributed by atoms with van der Waals surface area (Å²) in [5, 5.41) is 2.83. The second-order valence-electron chi connectivity index (χ2n) is 5.51. The van der Waals surface area contributed by atoms with Crippen LogP contribution in [-0.4, -0.2) is 48.3 Å². The van der Waals surface area contributed by atoms with Crippen molar-refractivity contribution >= 4 is 27.1 Å². The maximum atomic E-state index is 12.4. The Morgan fingerprint density at radius 1 is 1.55 bits per heavy atom. The third-order valence-electron chi connectivity index (χ3n) is 3.25. The van der Waals surface area contributed by atoms with Crippen molar-refractivity contribution < 1.29 is 13.2 Å². The molecule has 0 unspecified atom stereocenters. The quantitative estimate of drug-likeness (QED) is 0.796. The average Bonchev–Trinajstić information content (AvgIpc) is 3.00. The zero-order valence-corrected chi connectivity index (χ0v) is 13.6. The molecule has 5 nitrogen and oxygen atoms in total. The van der Waals surface area contributed by atoms with Gasteiger partial charge in [0.1, 0.15) is 9.84 Å². The molecule has 1 aromatic heterocycles. The van der Waals surface area contributed by atoms with E-state index in [4.69, 9.17) is 0 Å². The number of carbonyl (C=O) groups excluding carboxylic acids is 1. The minimum atomic E-state index is -3.08. The molecule has 1 aromatic rings. The number of carbonyl (C=O) groups is 1. The molecule has 112 valence electrons. The molecule has 1 heterocycles. The molecular weight excluding hydrogens is 296 g/mol. The standard InChI is InChI=1S/C13H20N2O3S2/c1-9(8-20(3,17)18)15(12-4-5-12)13(16)6-11-7-19-10(2)14-11/h7,9,12H,4-6,8H2,1-3H3/t9-/m0/s1. The average molecular weight is 316 g/mol. The van der Waals surface area contributed by atoms with Crippen LogP contribution in [0, 0.1) is 6.92 Å². The lowest BCUT2D eigenvalue weighted by molar-refractivity contribution is -0.132. The van der Waals surface area contributed by atoms with Gasteiger partial charge in [-0.1, -0.05) is 0 Å². The van der Waals surface area contributed by atoms with Crippen molar-refractivity contribution in [2.45, 2.75) is 45.2 Å². The summed E-state index contributed by atoms with van der Waals surface area (Å²) in [5.41, 5.74) is 0.773. The zero-order chi connectivity index (χ0) is 14.9. The van der Waals surface area contributed by atoms with Crippen LogP contribution in [0.4, 0.5) is 0 Å². The molecule has 0 radical (unpaired) electrons. The summed E-state index contributed by atoms with van der Waals surface area (Å²) in [7, 11) is -3.08. The van der Waals surface area contributed by atoms with Crippen LogP contribution in [-0.2, 0) is 21.1 Å². The molecule has 0 aromatic carbocycles. The second-order valence-corrected chi connectivity index (χ2v) is 8.76. The van der Waals surface area contributed by atoms with E-state index in [1.807, 2.05) is 19.2 Å². The number of hydrogen-bond donors (Lipinski definition) is 0. The maximum Gasteiger partial charge on any atom is 0.229 e. The molecule has 0 bridgehead atoms. The van der Waals surface area contributed by atoms with Crippen molar-refractivity contribution in [3.63, 3.8) is 0 Å². The molecule has 1 fully saturated rings. The molecule has 1 saturated carbocycles. The number of sulfone groups is 1. The van der Waals surface area contributed by atoms with Gasteiger partial charge in [0.05, 0.1) is 22.9 Å². The van der Waals surface area contributed by atoms with Crippen LogP contribution < -0.4 is 0 Å². The van der Waals surface area contributed by atoms with Gasteiger partial charge in [-0.05, 0) is 26.7 Å². The second kappa shape index (κ2) is 5.81. The summed E-state index contributed by atoms with van der Waals surface area (Å²) in [6, 6.07) is -0.0660. The first kappa shape index (κ1) is 15.4. The molecule has 0 N–H and O–H groups in total. The number of aryl methyl sites for hydroxylation is 1. The molecule has 1 atom stereocenters. The smallest absolute Gasteiger partial charge is 0.229 e. The van der Waals surface area contributed by atoms with Crippen LogP contribution in [0.2, 0.25) is 0 Å². The highest BCUT2D eigenvalue weighted by Gasteiger charge is 2.36. The van der Waals surface area contributed by atoms with Crippen LogP contribution in [0.1, 0.15) is 30.5 Å². The van der Waals surface area contributed by atoms with Crippen LogP contribution in [0.25, 0.3) is 0 Å². The van der Waals surface area contributed by atoms with E-state index >= 15 is 0 Å². The summed E-state index contributed by atoms with van der Waals surface area (Å²) in [6.45, 7) is 3.72. The molecule has 1 amide bonds. The zero-order valence-electron chi connectivity index (χ0n) is 12.0. The van der Waals surface area contributed by atoms with Crippen LogP contribution in [0.3, 0.4) is 0 Å². The van der Waals surface area contributed by atoms with Crippen molar-refractivity contribution in [3.05, 3.63) is 16.1 Å². The summed E-state index contributed by atoms with van der Waals surface area (Å²) < 4.78 is 22.8. The monoisotopic (exact) mass is 316 g/mol. The highest BCUT2D eigenvalue weighted by Crippen LogP contribution is 2.29. The lowest BCUT2D eigenvalue weighted by atomic mass is 10.2. The lowest BCUT2D eigenvalue weighted by Gasteiger charge is -2.28. The van der Waals surface area contributed by atoms with Gasteiger partial charge in [-0.2, -0.15) is 0 Å². The van der Waals surface area contributed by atoms with Gasteiger partial charge in [-0.25, -0.2) is 13.4 Å². The molecule has 2 rings (SSSR count). The molecule has 0 saturated heterocycles.